The number of nitrogens with zero attached hydrogens (tertiary/aromatic N) is 2. The molecule has 15 heavy (non-hydrogen) atoms. The van der Waals surface area contributed by atoms with E-state index in [4.69, 9.17) is 0 Å². The molecule has 0 aliphatic carbocycles. The highest BCUT2D eigenvalue weighted by atomic mass is 15.3. The highest BCUT2D eigenvalue weighted by Gasteiger charge is 2.02. The summed E-state index contributed by atoms with van der Waals surface area (Å²) in [5.74, 6) is 0.611. The lowest BCUT2D eigenvalue weighted by molar-refractivity contribution is 0.739. The summed E-state index contributed by atoms with van der Waals surface area (Å²) in [6.07, 6.45) is 4.13. The van der Waals surface area contributed by atoms with E-state index in [0.717, 1.165) is 0 Å². The summed E-state index contributed by atoms with van der Waals surface area (Å²) < 4.78 is 1.90. The van der Waals surface area contributed by atoms with Gasteiger partial charge in [-0.1, -0.05) is 39.3 Å². The van der Waals surface area contributed by atoms with Crippen molar-refractivity contribution >= 4 is 6.08 Å². The van der Waals surface area contributed by atoms with Crippen molar-refractivity contribution in [1.29, 1.82) is 0 Å². The monoisotopic (exact) mass is 208 g/mol. The van der Waals surface area contributed by atoms with Crippen LogP contribution in [0.3, 0.4) is 0 Å². The van der Waals surface area contributed by atoms with Gasteiger partial charge in [-0.3, -0.25) is 4.68 Å². The van der Waals surface area contributed by atoms with Crippen LogP contribution in [0.2, 0.25) is 0 Å². The molecule has 1 aromatic heterocycles. The first-order valence-corrected chi connectivity index (χ1v) is 5.69. The zero-order chi connectivity index (χ0) is 12.0. The van der Waals surface area contributed by atoms with Crippen molar-refractivity contribution in [2.75, 3.05) is 0 Å². The Hall–Kier alpha value is -1.05. The summed E-state index contributed by atoms with van der Waals surface area (Å²) in [6, 6.07) is 0. The third-order valence-electron chi connectivity index (χ3n) is 2.57. The second kappa shape index (κ2) is 6.44. The van der Waals surface area contributed by atoms with E-state index < -0.39 is 0 Å². The molecule has 0 amide bonds. The van der Waals surface area contributed by atoms with Crippen molar-refractivity contribution in [2.45, 2.75) is 41.5 Å². The standard InChI is InChI=1S/C11H18N2.C2H6/c1-8(2)9(3)6-11-7-12-13(5)10(11)4;1-2/h6-8H,1-5H3;1-2H3/b9-6-;. The van der Waals surface area contributed by atoms with Gasteiger partial charge < -0.3 is 0 Å². The van der Waals surface area contributed by atoms with Crippen LogP contribution in [0.25, 0.3) is 6.08 Å². The molecule has 1 rings (SSSR count). The van der Waals surface area contributed by atoms with Crippen LogP contribution in [-0.4, -0.2) is 9.78 Å². The van der Waals surface area contributed by atoms with Crippen molar-refractivity contribution in [2.24, 2.45) is 13.0 Å². The van der Waals surface area contributed by atoms with E-state index in [2.05, 4.69) is 38.9 Å². The van der Waals surface area contributed by atoms with Gasteiger partial charge in [-0.25, -0.2) is 0 Å². The quantitative estimate of drug-likeness (QED) is 0.722. The van der Waals surface area contributed by atoms with Crippen LogP contribution in [0.4, 0.5) is 0 Å². The first-order valence-electron chi connectivity index (χ1n) is 5.69. The molecule has 0 unspecified atom stereocenters. The second-order valence-corrected chi connectivity index (χ2v) is 3.85. The molecule has 1 aromatic rings. The van der Waals surface area contributed by atoms with Gasteiger partial charge in [0, 0.05) is 18.3 Å². The highest BCUT2D eigenvalue weighted by molar-refractivity contribution is 5.54. The topological polar surface area (TPSA) is 17.8 Å². The zero-order valence-corrected chi connectivity index (χ0v) is 11.1. The first-order chi connectivity index (χ1) is 7.02. The van der Waals surface area contributed by atoms with E-state index in [1.165, 1.54) is 16.8 Å². The molecule has 2 heteroatoms. The van der Waals surface area contributed by atoms with Crippen LogP contribution >= 0.6 is 0 Å². The van der Waals surface area contributed by atoms with E-state index in [1.54, 1.807) is 0 Å². The summed E-state index contributed by atoms with van der Waals surface area (Å²) in [5.41, 5.74) is 3.85. The molecule has 2 nitrogen and oxygen atoms in total. The van der Waals surface area contributed by atoms with Gasteiger partial charge in [-0.15, -0.1) is 0 Å². The number of aryl methyl sites for hydroxylation is 1. The highest BCUT2D eigenvalue weighted by Crippen LogP contribution is 2.15. The van der Waals surface area contributed by atoms with Gasteiger partial charge in [0.25, 0.3) is 0 Å². The Kier molecular flexibility index (Phi) is 5.99. The van der Waals surface area contributed by atoms with Crippen LogP contribution in [-0.2, 0) is 7.05 Å². The first kappa shape index (κ1) is 13.9. The summed E-state index contributed by atoms with van der Waals surface area (Å²) in [7, 11) is 1.97. The summed E-state index contributed by atoms with van der Waals surface area (Å²) in [4.78, 5) is 0. The predicted octanol–water partition coefficient (Wildman–Crippen LogP) is 3.81. The molecule has 0 radical (unpaired) electrons. The number of hydrogen-bond donors (Lipinski definition) is 0. The van der Waals surface area contributed by atoms with Gasteiger partial charge in [0.05, 0.1) is 6.20 Å². The fraction of sp³-hybridized carbons (Fsp3) is 0.615. The lowest BCUT2D eigenvalue weighted by Crippen LogP contribution is -1.93. The van der Waals surface area contributed by atoms with Gasteiger partial charge in [0.1, 0.15) is 0 Å². The van der Waals surface area contributed by atoms with Crippen molar-refractivity contribution in [1.82, 2.24) is 9.78 Å². The molecule has 0 saturated carbocycles. The average Bonchev–Trinajstić information content (AvgIpc) is 2.52. The lowest BCUT2D eigenvalue weighted by Gasteiger charge is -2.04. The predicted molar refractivity (Wildman–Crippen MR) is 67.8 cm³/mol. The minimum absolute atomic E-state index is 0.611. The molecule has 0 aliphatic heterocycles. The van der Waals surface area contributed by atoms with E-state index >= 15 is 0 Å². The maximum absolute atomic E-state index is 4.20. The zero-order valence-electron chi connectivity index (χ0n) is 11.1. The minimum atomic E-state index is 0.611. The largest absolute Gasteiger partial charge is 0.272 e. The fourth-order valence-electron chi connectivity index (χ4n) is 1.07. The third kappa shape index (κ3) is 3.90. The van der Waals surface area contributed by atoms with Crippen molar-refractivity contribution in [3.05, 3.63) is 23.0 Å². The normalized spacial score (nSPS) is 11.3. The van der Waals surface area contributed by atoms with Crippen molar-refractivity contribution in [3.8, 4) is 0 Å². The summed E-state index contributed by atoms with van der Waals surface area (Å²) in [5, 5.41) is 4.20. The number of rotatable bonds is 2. The van der Waals surface area contributed by atoms with E-state index in [0.29, 0.717) is 5.92 Å². The molecule has 0 saturated heterocycles. The Labute approximate surface area is 94.0 Å². The molecular weight excluding hydrogens is 184 g/mol. The Morgan fingerprint density at radius 1 is 1.40 bits per heavy atom. The summed E-state index contributed by atoms with van der Waals surface area (Å²) >= 11 is 0. The maximum atomic E-state index is 4.20. The molecule has 0 spiro atoms. The van der Waals surface area contributed by atoms with Gasteiger partial charge >= 0.3 is 0 Å². The molecule has 0 aromatic carbocycles. The van der Waals surface area contributed by atoms with E-state index in [-0.39, 0.29) is 0 Å². The Morgan fingerprint density at radius 3 is 2.27 bits per heavy atom. The summed E-state index contributed by atoms with van der Waals surface area (Å²) in [6.45, 7) is 12.7. The van der Waals surface area contributed by atoms with Crippen LogP contribution in [0.1, 0.15) is 45.9 Å². The number of hydrogen-bond acceptors (Lipinski definition) is 1. The van der Waals surface area contributed by atoms with Crippen LogP contribution in [0.15, 0.2) is 11.8 Å². The van der Waals surface area contributed by atoms with E-state index in [9.17, 15) is 0 Å². The molecule has 86 valence electrons. The molecular formula is C13H24N2. The lowest BCUT2D eigenvalue weighted by atomic mass is 10.0. The third-order valence-corrected chi connectivity index (χ3v) is 2.57. The molecule has 0 bridgehead atoms. The van der Waals surface area contributed by atoms with E-state index in [1.807, 2.05) is 31.8 Å². The van der Waals surface area contributed by atoms with Gasteiger partial charge in [0.15, 0.2) is 0 Å². The average molecular weight is 208 g/mol. The van der Waals surface area contributed by atoms with Gasteiger partial charge in [-0.2, -0.15) is 5.10 Å². The maximum Gasteiger partial charge on any atom is 0.0564 e. The second-order valence-electron chi connectivity index (χ2n) is 3.85. The van der Waals surface area contributed by atoms with Gasteiger partial charge in [0.2, 0.25) is 0 Å². The Morgan fingerprint density at radius 2 is 1.93 bits per heavy atom. The smallest absolute Gasteiger partial charge is 0.0564 e. The van der Waals surface area contributed by atoms with Crippen LogP contribution in [0.5, 0.6) is 0 Å². The molecule has 0 N–H and O–H groups in total. The SMILES string of the molecule is C/C(=C/c1cnn(C)c1C)C(C)C.CC. The number of allylic oxidation sites excluding steroid dienone is 1. The van der Waals surface area contributed by atoms with Gasteiger partial charge in [-0.05, 0) is 19.8 Å². The molecule has 0 atom stereocenters. The Bertz CT molecular complexity index is 319. The molecule has 1 heterocycles. The Balaban J connectivity index is 0.000000921. The number of aromatic nitrogens is 2. The van der Waals surface area contributed by atoms with Crippen molar-refractivity contribution < 1.29 is 0 Å². The van der Waals surface area contributed by atoms with Crippen molar-refractivity contribution in [3.63, 3.8) is 0 Å². The molecule has 0 fully saturated rings. The fourth-order valence-corrected chi connectivity index (χ4v) is 1.07. The van der Waals surface area contributed by atoms with Crippen LogP contribution in [0, 0.1) is 12.8 Å². The minimum Gasteiger partial charge on any atom is -0.272 e. The van der Waals surface area contributed by atoms with Crippen LogP contribution < -0.4 is 0 Å². The molecule has 0 aliphatic rings.